The number of amides is 1. The molecule has 0 atom stereocenters. The second-order valence-electron chi connectivity index (χ2n) is 5.92. The minimum absolute atomic E-state index is 0. The molecule has 1 aromatic rings. The van der Waals surface area contributed by atoms with Crippen LogP contribution in [0.4, 0.5) is 13.2 Å². The Balaban J connectivity index is 0.00000338. The quantitative estimate of drug-likeness (QED) is 0.393. The van der Waals surface area contributed by atoms with Gasteiger partial charge in [0.1, 0.15) is 0 Å². The SMILES string of the molecule is CN=C(NCC(=O)N1CCCCC1)NCc1ccc(C(F)(F)F)cc1.I. The molecule has 1 aliphatic heterocycles. The molecule has 1 heterocycles. The molecule has 0 unspecified atom stereocenters. The number of aliphatic imine (C=N–C) groups is 1. The third-order valence-corrected chi connectivity index (χ3v) is 4.08. The van der Waals surface area contributed by atoms with Crippen LogP contribution in [0, 0.1) is 0 Å². The molecule has 1 aliphatic rings. The van der Waals surface area contributed by atoms with E-state index in [1.54, 1.807) is 7.05 Å². The molecule has 146 valence electrons. The second-order valence-corrected chi connectivity index (χ2v) is 5.92. The molecule has 0 radical (unpaired) electrons. The van der Waals surface area contributed by atoms with Crippen LogP contribution in [0.3, 0.4) is 0 Å². The molecule has 26 heavy (non-hydrogen) atoms. The summed E-state index contributed by atoms with van der Waals surface area (Å²) in [6.45, 7) is 2.04. The van der Waals surface area contributed by atoms with E-state index >= 15 is 0 Å². The monoisotopic (exact) mass is 484 g/mol. The summed E-state index contributed by atoms with van der Waals surface area (Å²) in [7, 11) is 1.58. The summed E-state index contributed by atoms with van der Waals surface area (Å²) < 4.78 is 37.6. The molecule has 2 rings (SSSR count). The number of nitrogens with one attached hydrogen (secondary N) is 2. The van der Waals surface area contributed by atoms with Crippen LogP contribution in [0.15, 0.2) is 29.3 Å². The lowest BCUT2D eigenvalue weighted by atomic mass is 10.1. The normalized spacial score (nSPS) is 15.2. The topological polar surface area (TPSA) is 56.7 Å². The van der Waals surface area contributed by atoms with Crippen molar-refractivity contribution < 1.29 is 18.0 Å². The first-order valence-electron chi connectivity index (χ1n) is 8.28. The van der Waals surface area contributed by atoms with Crippen molar-refractivity contribution in [2.24, 2.45) is 4.99 Å². The first-order chi connectivity index (χ1) is 11.9. The molecule has 2 N–H and O–H groups in total. The molecule has 1 aromatic carbocycles. The largest absolute Gasteiger partial charge is 0.416 e. The van der Waals surface area contributed by atoms with E-state index in [2.05, 4.69) is 15.6 Å². The fraction of sp³-hybridized carbons (Fsp3) is 0.529. The van der Waals surface area contributed by atoms with Crippen LogP contribution in [0.2, 0.25) is 0 Å². The first kappa shape index (κ1) is 22.5. The lowest BCUT2D eigenvalue weighted by Crippen LogP contribution is -2.45. The van der Waals surface area contributed by atoms with Crippen molar-refractivity contribution in [3.63, 3.8) is 0 Å². The first-order valence-corrected chi connectivity index (χ1v) is 8.28. The van der Waals surface area contributed by atoms with E-state index in [-0.39, 0.29) is 36.4 Å². The van der Waals surface area contributed by atoms with E-state index < -0.39 is 11.7 Å². The van der Waals surface area contributed by atoms with Gasteiger partial charge in [0.25, 0.3) is 0 Å². The maximum atomic E-state index is 12.5. The molecule has 0 bridgehead atoms. The predicted octanol–water partition coefficient (Wildman–Crippen LogP) is 3.00. The summed E-state index contributed by atoms with van der Waals surface area (Å²) in [5.74, 6) is 0.461. The van der Waals surface area contributed by atoms with Crippen molar-refractivity contribution in [2.45, 2.75) is 32.0 Å². The predicted molar refractivity (Wildman–Crippen MR) is 105 cm³/mol. The lowest BCUT2D eigenvalue weighted by molar-refractivity contribution is -0.137. The Bertz CT molecular complexity index is 599. The summed E-state index contributed by atoms with van der Waals surface area (Å²) in [6, 6.07) is 4.93. The van der Waals surface area contributed by atoms with Gasteiger partial charge in [-0.05, 0) is 37.0 Å². The average Bonchev–Trinajstić information content (AvgIpc) is 2.62. The maximum absolute atomic E-state index is 12.5. The van der Waals surface area contributed by atoms with Crippen LogP contribution in [0.5, 0.6) is 0 Å². The summed E-state index contributed by atoms with van der Waals surface area (Å²) in [5, 5.41) is 5.93. The molecular formula is C17H24F3IN4O. The zero-order valence-corrected chi connectivity index (χ0v) is 16.9. The van der Waals surface area contributed by atoms with Gasteiger partial charge < -0.3 is 15.5 Å². The molecule has 1 amide bonds. The molecule has 0 spiro atoms. The van der Waals surface area contributed by atoms with Gasteiger partial charge in [0.2, 0.25) is 5.91 Å². The van der Waals surface area contributed by atoms with Gasteiger partial charge in [-0.25, -0.2) is 0 Å². The van der Waals surface area contributed by atoms with Gasteiger partial charge in [-0.3, -0.25) is 9.79 Å². The summed E-state index contributed by atoms with van der Waals surface area (Å²) in [4.78, 5) is 18.0. The van der Waals surface area contributed by atoms with Crippen LogP contribution < -0.4 is 10.6 Å². The highest BCUT2D eigenvalue weighted by molar-refractivity contribution is 14.0. The van der Waals surface area contributed by atoms with Crippen LogP contribution in [-0.2, 0) is 17.5 Å². The van der Waals surface area contributed by atoms with Crippen molar-refractivity contribution in [1.29, 1.82) is 0 Å². The van der Waals surface area contributed by atoms with Crippen molar-refractivity contribution in [3.8, 4) is 0 Å². The highest BCUT2D eigenvalue weighted by atomic mass is 127. The average molecular weight is 484 g/mol. The van der Waals surface area contributed by atoms with Crippen molar-refractivity contribution in [1.82, 2.24) is 15.5 Å². The van der Waals surface area contributed by atoms with Crippen LogP contribution in [-0.4, -0.2) is 43.4 Å². The Hall–Kier alpha value is -1.52. The maximum Gasteiger partial charge on any atom is 0.416 e. The molecule has 0 aromatic heterocycles. The van der Waals surface area contributed by atoms with Crippen molar-refractivity contribution >= 4 is 35.8 Å². The lowest BCUT2D eigenvalue weighted by Gasteiger charge is -2.27. The van der Waals surface area contributed by atoms with Crippen molar-refractivity contribution in [3.05, 3.63) is 35.4 Å². The van der Waals surface area contributed by atoms with Crippen LogP contribution >= 0.6 is 24.0 Å². The summed E-state index contributed by atoms with van der Waals surface area (Å²) in [6.07, 6.45) is -1.11. The van der Waals surface area contributed by atoms with Gasteiger partial charge >= 0.3 is 6.18 Å². The fourth-order valence-electron chi connectivity index (χ4n) is 2.63. The van der Waals surface area contributed by atoms with E-state index in [9.17, 15) is 18.0 Å². The Morgan fingerprint density at radius 3 is 2.27 bits per heavy atom. The zero-order valence-electron chi connectivity index (χ0n) is 14.6. The molecule has 0 saturated carbocycles. The number of hydrogen-bond donors (Lipinski definition) is 2. The molecular weight excluding hydrogens is 460 g/mol. The number of halogens is 4. The van der Waals surface area contributed by atoms with Gasteiger partial charge in [0, 0.05) is 26.7 Å². The fourth-order valence-corrected chi connectivity index (χ4v) is 2.63. The Morgan fingerprint density at radius 2 is 1.73 bits per heavy atom. The molecule has 5 nitrogen and oxygen atoms in total. The highest BCUT2D eigenvalue weighted by Crippen LogP contribution is 2.29. The minimum atomic E-state index is -4.33. The van der Waals surface area contributed by atoms with Gasteiger partial charge in [0.05, 0.1) is 12.1 Å². The van der Waals surface area contributed by atoms with Gasteiger partial charge in [0.15, 0.2) is 5.96 Å². The number of likely N-dealkylation sites (tertiary alicyclic amines) is 1. The summed E-state index contributed by atoms with van der Waals surface area (Å²) >= 11 is 0. The molecule has 9 heteroatoms. The Morgan fingerprint density at radius 1 is 1.12 bits per heavy atom. The number of carbonyl (C=O) groups excluding carboxylic acids is 1. The molecule has 1 fully saturated rings. The standard InChI is InChI=1S/C17H23F3N4O.HI/c1-21-16(23-12-15(25)24-9-3-2-4-10-24)22-11-13-5-7-14(8-6-13)17(18,19)20;/h5-8H,2-4,9-12H2,1H3,(H2,21,22,23);1H. The number of benzene rings is 1. The molecule has 0 aliphatic carbocycles. The smallest absolute Gasteiger partial charge is 0.352 e. The van der Waals surface area contributed by atoms with Gasteiger partial charge in [-0.1, -0.05) is 12.1 Å². The van der Waals surface area contributed by atoms with E-state index in [0.717, 1.165) is 44.5 Å². The number of alkyl halides is 3. The highest BCUT2D eigenvalue weighted by Gasteiger charge is 2.29. The summed E-state index contributed by atoms with van der Waals surface area (Å²) in [5.41, 5.74) is 0.0178. The minimum Gasteiger partial charge on any atom is -0.352 e. The Labute approximate surface area is 168 Å². The number of piperidine rings is 1. The number of rotatable bonds is 4. The number of hydrogen-bond acceptors (Lipinski definition) is 2. The Kier molecular flexibility index (Phi) is 9.17. The van der Waals surface area contributed by atoms with Crippen LogP contribution in [0.25, 0.3) is 0 Å². The number of carbonyl (C=O) groups is 1. The van der Waals surface area contributed by atoms with Crippen LogP contribution in [0.1, 0.15) is 30.4 Å². The molecule has 1 saturated heterocycles. The van der Waals surface area contributed by atoms with E-state index in [1.165, 1.54) is 12.1 Å². The number of nitrogens with zero attached hydrogens (tertiary/aromatic N) is 2. The van der Waals surface area contributed by atoms with Gasteiger partial charge in [-0.2, -0.15) is 13.2 Å². The van der Waals surface area contributed by atoms with E-state index in [0.29, 0.717) is 18.1 Å². The number of guanidine groups is 1. The third-order valence-electron chi connectivity index (χ3n) is 4.08. The second kappa shape index (κ2) is 10.6. The van der Waals surface area contributed by atoms with Gasteiger partial charge in [-0.15, -0.1) is 24.0 Å². The van der Waals surface area contributed by atoms with Crippen molar-refractivity contribution in [2.75, 3.05) is 26.7 Å². The van der Waals surface area contributed by atoms with E-state index in [1.807, 2.05) is 4.90 Å². The van der Waals surface area contributed by atoms with E-state index in [4.69, 9.17) is 0 Å². The zero-order chi connectivity index (χ0) is 18.3. The third kappa shape index (κ3) is 7.00.